The second-order valence-corrected chi connectivity index (χ2v) is 4.86. The minimum absolute atomic E-state index is 0.00917. The van der Waals surface area contributed by atoms with Gasteiger partial charge in [0, 0.05) is 22.7 Å². The molecule has 0 atom stereocenters. The van der Waals surface area contributed by atoms with Crippen LogP contribution >= 0.6 is 0 Å². The maximum absolute atomic E-state index is 12.6. The molecule has 19 heavy (non-hydrogen) atoms. The average molecular weight is 253 g/mol. The third-order valence-corrected chi connectivity index (χ3v) is 3.44. The van der Waals surface area contributed by atoms with Gasteiger partial charge in [-0.15, -0.1) is 0 Å². The zero-order valence-electron chi connectivity index (χ0n) is 11.2. The number of hydrogen-bond acceptors (Lipinski definition) is 2. The van der Waals surface area contributed by atoms with Crippen LogP contribution in [0.3, 0.4) is 0 Å². The molecule has 96 valence electrons. The predicted molar refractivity (Wildman–Crippen MR) is 74.7 cm³/mol. The standard InChI is InChI=1S/C16H15NO2/c1-9-5-4-6-14-15(9)13(8-17-14)16(18)12-7-10(2)19-11(12)3/h4-8,17H,1-3H3. The van der Waals surface area contributed by atoms with Crippen molar-refractivity contribution >= 4 is 16.7 Å². The van der Waals surface area contributed by atoms with Crippen molar-refractivity contribution in [2.75, 3.05) is 0 Å². The molecule has 0 unspecified atom stereocenters. The highest BCUT2D eigenvalue weighted by atomic mass is 16.3. The van der Waals surface area contributed by atoms with E-state index < -0.39 is 0 Å². The van der Waals surface area contributed by atoms with Crippen molar-refractivity contribution in [2.45, 2.75) is 20.8 Å². The van der Waals surface area contributed by atoms with Crippen LogP contribution in [0.1, 0.15) is 33.0 Å². The molecule has 3 nitrogen and oxygen atoms in total. The van der Waals surface area contributed by atoms with Crippen LogP contribution < -0.4 is 0 Å². The molecule has 0 aliphatic heterocycles. The van der Waals surface area contributed by atoms with Gasteiger partial charge >= 0.3 is 0 Å². The average Bonchev–Trinajstić information content (AvgIpc) is 2.93. The van der Waals surface area contributed by atoms with Crippen LogP contribution in [-0.4, -0.2) is 10.8 Å². The summed E-state index contributed by atoms with van der Waals surface area (Å²) in [6.45, 7) is 5.69. The van der Waals surface area contributed by atoms with Gasteiger partial charge in [0.2, 0.25) is 0 Å². The van der Waals surface area contributed by atoms with Gasteiger partial charge in [-0.05, 0) is 38.5 Å². The Kier molecular flexibility index (Phi) is 2.56. The summed E-state index contributed by atoms with van der Waals surface area (Å²) in [5, 5.41) is 0.991. The van der Waals surface area contributed by atoms with Crippen LogP contribution in [0.15, 0.2) is 34.9 Å². The normalized spacial score (nSPS) is 11.1. The molecule has 0 saturated carbocycles. The lowest BCUT2D eigenvalue weighted by Crippen LogP contribution is -2.01. The number of carbonyl (C=O) groups is 1. The van der Waals surface area contributed by atoms with Crippen molar-refractivity contribution in [1.29, 1.82) is 0 Å². The van der Waals surface area contributed by atoms with Gasteiger partial charge in [-0.25, -0.2) is 0 Å². The van der Waals surface area contributed by atoms with Crippen LogP contribution in [0, 0.1) is 20.8 Å². The molecule has 0 aliphatic carbocycles. The summed E-state index contributed by atoms with van der Waals surface area (Å²) in [4.78, 5) is 15.8. The number of nitrogens with one attached hydrogen (secondary N) is 1. The van der Waals surface area contributed by atoms with Crippen molar-refractivity contribution in [3.8, 4) is 0 Å². The lowest BCUT2D eigenvalue weighted by Gasteiger charge is -2.00. The van der Waals surface area contributed by atoms with Gasteiger partial charge in [-0.1, -0.05) is 12.1 Å². The minimum Gasteiger partial charge on any atom is -0.466 e. The molecule has 0 fully saturated rings. The summed E-state index contributed by atoms with van der Waals surface area (Å²) in [5.41, 5.74) is 3.43. The zero-order chi connectivity index (χ0) is 13.6. The Bertz CT molecular complexity index is 777. The first kappa shape index (κ1) is 11.8. The Balaban J connectivity index is 2.20. The number of aromatic amines is 1. The van der Waals surface area contributed by atoms with Gasteiger partial charge in [0.05, 0.1) is 5.56 Å². The zero-order valence-corrected chi connectivity index (χ0v) is 11.2. The van der Waals surface area contributed by atoms with Crippen molar-refractivity contribution < 1.29 is 9.21 Å². The molecule has 3 aromatic rings. The largest absolute Gasteiger partial charge is 0.466 e. The maximum Gasteiger partial charge on any atom is 0.198 e. The molecule has 0 radical (unpaired) electrons. The highest BCUT2D eigenvalue weighted by molar-refractivity contribution is 6.17. The molecule has 0 aliphatic rings. The molecule has 0 amide bonds. The number of ketones is 1. The second kappa shape index (κ2) is 4.12. The fourth-order valence-corrected chi connectivity index (χ4v) is 2.55. The topological polar surface area (TPSA) is 46.0 Å². The van der Waals surface area contributed by atoms with E-state index in [0.717, 1.165) is 22.2 Å². The summed E-state index contributed by atoms with van der Waals surface area (Å²) in [6.07, 6.45) is 1.78. The second-order valence-electron chi connectivity index (χ2n) is 4.86. The molecular weight excluding hydrogens is 238 g/mol. The number of aryl methyl sites for hydroxylation is 3. The number of H-pyrrole nitrogens is 1. The number of aromatic nitrogens is 1. The minimum atomic E-state index is 0.00917. The third-order valence-electron chi connectivity index (χ3n) is 3.44. The monoisotopic (exact) mass is 253 g/mol. The van der Waals surface area contributed by atoms with Crippen molar-refractivity contribution in [3.63, 3.8) is 0 Å². The molecule has 3 heteroatoms. The van der Waals surface area contributed by atoms with Crippen molar-refractivity contribution in [2.24, 2.45) is 0 Å². The molecule has 0 spiro atoms. The van der Waals surface area contributed by atoms with Crippen LogP contribution in [0.2, 0.25) is 0 Å². The Hall–Kier alpha value is -2.29. The number of fused-ring (bicyclic) bond motifs is 1. The van der Waals surface area contributed by atoms with Gasteiger partial charge in [0.1, 0.15) is 11.5 Å². The Morgan fingerprint density at radius 3 is 2.63 bits per heavy atom. The Morgan fingerprint density at radius 2 is 1.95 bits per heavy atom. The fraction of sp³-hybridized carbons (Fsp3) is 0.188. The van der Waals surface area contributed by atoms with E-state index in [9.17, 15) is 4.79 Å². The molecule has 1 aromatic carbocycles. The molecular formula is C16H15NO2. The van der Waals surface area contributed by atoms with Gasteiger partial charge in [0.25, 0.3) is 0 Å². The quantitative estimate of drug-likeness (QED) is 0.703. The van der Waals surface area contributed by atoms with Crippen LogP contribution in [0.5, 0.6) is 0 Å². The first-order chi connectivity index (χ1) is 9.08. The number of hydrogen-bond donors (Lipinski definition) is 1. The van der Waals surface area contributed by atoms with Gasteiger partial charge < -0.3 is 9.40 Å². The summed E-state index contributed by atoms with van der Waals surface area (Å²) < 4.78 is 5.44. The van der Waals surface area contributed by atoms with Crippen LogP contribution in [0.4, 0.5) is 0 Å². The lowest BCUT2D eigenvalue weighted by atomic mass is 10.0. The van der Waals surface area contributed by atoms with Crippen molar-refractivity contribution in [3.05, 3.63) is 58.7 Å². The van der Waals surface area contributed by atoms with Crippen LogP contribution in [-0.2, 0) is 0 Å². The predicted octanol–water partition coefficient (Wildman–Crippen LogP) is 3.92. The van der Waals surface area contributed by atoms with E-state index in [2.05, 4.69) is 4.98 Å². The smallest absolute Gasteiger partial charge is 0.198 e. The first-order valence-electron chi connectivity index (χ1n) is 6.26. The molecule has 0 bridgehead atoms. The Labute approximate surface area is 111 Å². The van der Waals surface area contributed by atoms with E-state index in [1.807, 2.05) is 39.0 Å². The number of furan rings is 1. The van der Waals surface area contributed by atoms with E-state index >= 15 is 0 Å². The third kappa shape index (κ3) is 1.78. The van der Waals surface area contributed by atoms with Gasteiger partial charge in [0.15, 0.2) is 5.78 Å². The van der Waals surface area contributed by atoms with Gasteiger partial charge in [-0.2, -0.15) is 0 Å². The first-order valence-corrected chi connectivity index (χ1v) is 6.26. The molecule has 3 rings (SSSR count). The van der Waals surface area contributed by atoms with E-state index in [0.29, 0.717) is 16.9 Å². The highest BCUT2D eigenvalue weighted by Gasteiger charge is 2.19. The van der Waals surface area contributed by atoms with Crippen molar-refractivity contribution in [1.82, 2.24) is 4.98 Å². The van der Waals surface area contributed by atoms with E-state index in [4.69, 9.17) is 4.42 Å². The summed E-state index contributed by atoms with van der Waals surface area (Å²) in [6, 6.07) is 7.78. The fourth-order valence-electron chi connectivity index (χ4n) is 2.55. The highest BCUT2D eigenvalue weighted by Crippen LogP contribution is 2.26. The van der Waals surface area contributed by atoms with E-state index in [-0.39, 0.29) is 5.78 Å². The Morgan fingerprint density at radius 1 is 1.16 bits per heavy atom. The van der Waals surface area contributed by atoms with E-state index in [1.165, 1.54) is 0 Å². The summed E-state index contributed by atoms with van der Waals surface area (Å²) in [7, 11) is 0. The van der Waals surface area contributed by atoms with Crippen LogP contribution in [0.25, 0.3) is 10.9 Å². The number of carbonyl (C=O) groups excluding carboxylic acids is 1. The maximum atomic E-state index is 12.6. The summed E-state index contributed by atoms with van der Waals surface area (Å²) >= 11 is 0. The van der Waals surface area contributed by atoms with E-state index in [1.54, 1.807) is 12.3 Å². The van der Waals surface area contributed by atoms with Gasteiger partial charge in [-0.3, -0.25) is 4.79 Å². The number of benzene rings is 1. The molecule has 0 saturated heterocycles. The molecule has 2 aromatic heterocycles. The molecule has 1 N–H and O–H groups in total. The summed E-state index contributed by atoms with van der Waals surface area (Å²) in [5.74, 6) is 1.44. The number of rotatable bonds is 2. The molecule has 2 heterocycles. The SMILES string of the molecule is Cc1cc(C(=O)c2c[nH]c3cccc(C)c23)c(C)o1. The lowest BCUT2D eigenvalue weighted by molar-refractivity contribution is 0.103.